The number of rotatable bonds is 9. The highest BCUT2D eigenvalue weighted by Gasteiger charge is 2.44. The Labute approximate surface area is 423 Å². The van der Waals surface area contributed by atoms with Gasteiger partial charge in [-0.25, -0.2) is 0 Å². The van der Waals surface area contributed by atoms with Crippen molar-refractivity contribution in [3.63, 3.8) is 0 Å². The first kappa shape index (κ1) is 52.9. The van der Waals surface area contributed by atoms with Crippen LogP contribution >= 0.6 is 0 Å². The van der Waals surface area contributed by atoms with Gasteiger partial charge in [0.1, 0.15) is 0 Å². The predicted molar refractivity (Wildman–Crippen MR) is 281 cm³/mol. The van der Waals surface area contributed by atoms with Gasteiger partial charge in [-0.1, -0.05) is 60.7 Å². The molecule has 0 bridgehead atoms. The number of aliphatic hydroxyl groups is 3. The number of benzene rings is 5. The van der Waals surface area contributed by atoms with Crippen LogP contribution in [0.5, 0.6) is 0 Å². The monoisotopic (exact) mass is 979 g/mol. The average Bonchev–Trinajstić information content (AvgIpc) is 4.17. The van der Waals surface area contributed by atoms with E-state index in [0.29, 0.717) is 59.8 Å². The highest BCUT2D eigenvalue weighted by molar-refractivity contribution is 6.07. The minimum Gasteiger partial charge on any atom is -0.398 e. The summed E-state index contributed by atoms with van der Waals surface area (Å²) in [4.78, 5) is 71.0. The Morgan fingerprint density at radius 2 is 1.10 bits per heavy atom. The van der Waals surface area contributed by atoms with Gasteiger partial charge in [-0.2, -0.15) is 0 Å². The van der Waals surface area contributed by atoms with Gasteiger partial charge in [0.25, 0.3) is 17.7 Å². The summed E-state index contributed by atoms with van der Waals surface area (Å²) in [6.45, 7) is 13.7. The fourth-order valence-corrected chi connectivity index (χ4v) is 10.1. The quantitative estimate of drug-likeness (QED) is 0.0937. The molecule has 4 heterocycles. The van der Waals surface area contributed by atoms with Gasteiger partial charge in [-0.15, -0.1) is 0 Å². The molecule has 0 aliphatic carbocycles. The predicted octanol–water partition coefficient (Wildman–Crippen LogP) is 7.38. The lowest BCUT2D eigenvalue weighted by atomic mass is 10.0. The van der Waals surface area contributed by atoms with Crippen molar-refractivity contribution < 1.29 is 39.3 Å². The van der Waals surface area contributed by atoms with Crippen molar-refractivity contribution in [1.29, 1.82) is 0 Å². The van der Waals surface area contributed by atoms with E-state index in [9.17, 15) is 39.3 Å². The molecule has 14 nitrogen and oxygen atoms in total. The fraction of sp³-hybridized carbons (Fsp3) is 0.397. The van der Waals surface area contributed by atoms with Gasteiger partial charge in [0.05, 0.1) is 72.2 Å². The summed E-state index contributed by atoms with van der Waals surface area (Å²) in [6.07, 6.45) is 4.46. The minimum atomic E-state index is -1.03. The molecule has 4 aliphatic rings. The molecular formula is C58H70N6O8. The van der Waals surface area contributed by atoms with Gasteiger partial charge in [-0.05, 0) is 161 Å². The standard InChI is InChI=1S/C22H24N2O3.C22H26N2O3.C14H20N2O2/c1-14-11-17-19(12-15(14)2)24(20(25)13-16-7-4-3-5-8-16)22(27)18-9-6-10-23(18)21(17)26;1-15-11-19(22(27)24-10-6-9-18(24)14-25)20(12-16(15)2)23-21(26)13-17-7-4-3-5-8-17;1-9-6-12(13(15)7-10(9)2)14(18)16-5-3-4-11(16)8-17/h3-5,7-8,11-12,18,22,27H,6,9-10,13H2,1-2H3;3-5,7-8,11-12,18,25H,6,9-10,13-14H2,1-2H3,(H,23,26);6-7,11,17H,3-5,8,15H2,1-2H3/t18-,22?;18-;11-/m000/s1. The number of anilines is 3. The highest BCUT2D eigenvalue weighted by Crippen LogP contribution is 2.37. The molecule has 0 spiro atoms. The number of amides is 5. The summed E-state index contributed by atoms with van der Waals surface area (Å²) in [6, 6.07) is 29.5. The fourth-order valence-electron chi connectivity index (χ4n) is 10.1. The topological polar surface area (TPSA) is 197 Å². The van der Waals surface area contributed by atoms with Gasteiger partial charge < -0.3 is 41.1 Å². The third-order valence-corrected chi connectivity index (χ3v) is 14.7. The summed E-state index contributed by atoms with van der Waals surface area (Å²) in [5.41, 5.74) is 17.0. The van der Waals surface area contributed by atoms with Crippen molar-refractivity contribution in [2.75, 3.05) is 48.8 Å². The molecule has 14 heteroatoms. The molecule has 0 saturated carbocycles. The highest BCUT2D eigenvalue weighted by atomic mass is 16.3. The molecule has 4 aliphatic heterocycles. The van der Waals surface area contributed by atoms with E-state index in [4.69, 9.17) is 5.73 Å². The molecular weight excluding hydrogens is 909 g/mol. The molecule has 9 rings (SSSR count). The first-order valence-electron chi connectivity index (χ1n) is 25.1. The molecule has 6 N–H and O–H groups in total. The van der Waals surface area contributed by atoms with Gasteiger partial charge in [0.15, 0.2) is 6.23 Å². The summed E-state index contributed by atoms with van der Waals surface area (Å²) in [5.74, 6) is -0.639. The molecule has 1 unspecified atom stereocenters. The average molecular weight is 979 g/mol. The van der Waals surface area contributed by atoms with Crippen LogP contribution < -0.4 is 16.0 Å². The lowest BCUT2D eigenvalue weighted by molar-refractivity contribution is -0.120. The van der Waals surface area contributed by atoms with Crippen LogP contribution in [0.4, 0.5) is 17.1 Å². The third kappa shape index (κ3) is 11.9. The molecule has 4 atom stereocenters. The zero-order chi connectivity index (χ0) is 51.8. The lowest BCUT2D eigenvalue weighted by Crippen LogP contribution is -2.51. The van der Waals surface area contributed by atoms with Crippen LogP contribution in [-0.2, 0) is 22.4 Å². The zero-order valence-corrected chi connectivity index (χ0v) is 42.5. The number of aliphatic hydroxyl groups excluding tert-OH is 3. The lowest BCUT2D eigenvalue weighted by Gasteiger charge is -2.32. The largest absolute Gasteiger partial charge is 0.398 e. The van der Waals surface area contributed by atoms with Gasteiger partial charge in [-0.3, -0.25) is 28.9 Å². The summed E-state index contributed by atoms with van der Waals surface area (Å²) >= 11 is 0. The van der Waals surface area contributed by atoms with E-state index in [0.717, 1.165) is 76.6 Å². The van der Waals surface area contributed by atoms with Crippen LogP contribution in [0.3, 0.4) is 0 Å². The second-order valence-electron chi connectivity index (χ2n) is 19.7. The number of aryl methyl sites for hydroxylation is 6. The Bertz CT molecular complexity index is 2780. The number of hydrogen-bond acceptors (Lipinski definition) is 9. The minimum absolute atomic E-state index is 0.0243. The second-order valence-corrected chi connectivity index (χ2v) is 19.7. The number of carbonyl (C=O) groups is 5. The van der Waals surface area contributed by atoms with Crippen LogP contribution in [0.2, 0.25) is 0 Å². The molecule has 5 amide bonds. The van der Waals surface area contributed by atoms with E-state index in [1.165, 1.54) is 4.90 Å². The number of hydrogen-bond donors (Lipinski definition) is 5. The SMILES string of the molecule is Cc1cc(N)c(C(=O)N2CCC[C@H]2CO)cc1C.Cc1cc(NC(=O)Cc2ccccc2)c(C(=O)N2CCC[C@H]2CO)cc1C.Cc1cc2c(cc1C)N(C(=O)Cc1ccccc1)C(O)[C@@H]1CCCN1C2=O. The summed E-state index contributed by atoms with van der Waals surface area (Å²) < 4.78 is 0. The molecule has 5 aromatic carbocycles. The van der Waals surface area contributed by atoms with Crippen molar-refractivity contribution in [3.8, 4) is 0 Å². The maximum absolute atomic E-state index is 13.2. The maximum Gasteiger partial charge on any atom is 0.256 e. The molecule has 5 aromatic rings. The van der Waals surface area contributed by atoms with Crippen LogP contribution in [0, 0.1) is 41.5 Å². The Morgan fingerprint density at radius 3 is 1.68 bits per heavy atom. The molecule has 3 fully saturated rings. The normalized spacial score (nSPS) is 19.1. The Kier molecular flexibility index (Phi) is 17.3. The first-order chi connectivity index (χ1) is 34.5. The number of carbonyl (C=O) groups excluding carboxylic acids is 5. The third-order valence-electron chi connectivity index (χ3n) is 14.7. The molecule has 0 aromatic heterocycles. The van der Waals surface area contributed by atoms with Crippen molar-refractivity contribution in [1.82, 2.24) is 14.7 Å². The van der Waals surface area contributed by atoms with Gasteiger partial charge in [0, 0.05) is 25.3 Å². The number of nitrogens with two attached hydrogens (primary N) is 1. The number of likely N-dealkylation sites (tertiary alicyclic amines) is 2. The van der Waals surface area contributed by atoms with Crippen LogP contribution in [0.15, 0.2) is 97.1 Å². The van der Waals surface area contributed by atoms with E-state index in [2.05, 4.69) is 5.32 Å². The van der Waals surface area contributed by atoms with Crippen molar-refractivity contribution in [2.45, 2.75) is 117 Å². The first-order valence-corrected chi connectivity index (χ1v) is 25.1. The number of nitrogens with one attached hydrogen (secondary N) is 1. The molecule has 72 heavy (non-hydrogen) atoms. The zero-order valence-electron chi connectivity index (χ0n) is 42.5. The van der Waals surface area contributed by atoms with E-state index in [-0.39, 0.29) is 73.7 Å². The van der Waals surface area contributed by atoms with Crippen molar-refractivity contribution in [3.05, 3.63) is 158 Å². The summed E-state index contributed by atoms with van der Waals surface area (Å²) in [7, 11) is 0. The molecule has 380 valence electrons. The second kappa shape index (κ2) is 23.6. The van der Waals surface area contributed by atoms with Crippen LogP contribution in [0.25, 0.3) is 0 Å². The van der Waals surface area contributed by atoms with Crippen molar-refractivity contribution >= 4 is 46.6 Å². The van der Waals surface area contributed by atoms with E-state index in [1.807, 2.05) is 139 Å². The maximum atomic E-state index is 13.2. The van der Waals surface area contributed by atoms with Crippen LogP contribution in [0.1, 0.15) is 114 Å². The van der Waals surface area contributed by atoms with Crippen molar-refractivity contribution in [2.24, 2.45) is 0 Å². The Balaban J connectivity index is 0.000000162. The summed E-state index contributed by atoms with van der Waals surface area (Å²) in [5, 5.41) is 32.8. The number of fused-ring (bicyclic) bond motifs is 2. The molecule has 0 radical (unpaired) electrons. The Hall–Kier alpha value is -6.87. The Morgan fingerprint density at radius 1 is 0.611 bits per heavy atom. The van der Waals surface area contributed by atoms with Crippen LogP contribution in [-0.4, -0.2) is 117 Å². The van der Waals surface area contributed by atoms with E-state index < -0.39 is 6.23 Å². The number of nitrogens with zero attached hydrogens (tertiary/aromatic N) is 4. The van der Waals surface area contributed by atoms with E-state index >= 15 is 0 Å². The number of nitrogen functional groups attached to an aromatic ring is 1. The van der Waals surface area contributed by atoms with E-state index in [1.54, 1.807) is 14.7 Å². The van der Waals surface area contributed by atoms with Gasteiger partial charge >= 0.3 is 0 Å². The molecule has 3 saturated heterocycles. The van der Waals surface area contributed by atoms with Gasteiger partial charge in [0.2, 0.25) is 11.8 Å². The smallest absolute Gasteiger partial charge is 0.256 e.